The van der Waals surface area contributed by atoms with Crippen LogP contribution in [0.3, 0.4) is 0 Å². The van der Waals surface area contributed by atoms with E-state index in [1.54, 1.807) is 50.2 Å². The lowest BCUT2D eigenvalue weighted by molar-refractivity contribution is -0.129. The van der Waals surface area contributed by atoms with Crippen molar-refractivity contribution in [2.75, 3.05) is 32.5 Å². The number of aromatic nitrogens is 1. The molecule has 0 bridgehead atoms. The molecule has 0 spiro atoms. The molecule has 3 atom stereocenters. The van der Waals surface area contributed by atoms with Crippen LogP contribution in [0.5, 0.6) is 5.75 Å². The molecule has 4 aromatic rings. The third-order valence-corrected chi connectivity index (χ3v) is 11.0. The summed E-state index contributed by atoms with van der Waals surface area (Å²) in [5.41, 5.74) is 8.44. The number of hydrogen-bond donors (Lipinski definition) is 3. The zero-order valence-corrected chi connectivity index (χ0v) is 31.5. The molecule has 3 aromatic carbocycles. The topological polar surface area (TPSA) is 175 Å². The normalized spacial score (nSPS) is 15.4. The number of urea groups is 1. The Morgan fingerprint density at radius 3 is 2.32 bits per heavy atom. The molecule has 0 aliphatic carbocycles. The van der Waals surface area contributed by atoms with E-state index in [0.717, 1.165) is 15.8 Å². The van der Waals surface area contributed by atoms with E-state index in [4.69, 9.17) is 10.5 Å². The predicted molar refractivity (Wildman–Crippen MR) is 202 cm³/mol. The Morgan fingerprint density at radius 1 is 0.981 bits per heavy atom. The third-order valence-electron chi connectivity index (χ3n) is 9.16. The molecule has 1 aliphatic heterocycles. The van der Waals surface area contributed by atoms with Crippen molar-refractivity contribution in [2.45, 2.75) is 63.7 Å². The number of imide groups is 1. The van der Waals surface area contributed by atoms with E-state index >= 15 is 0 Å². The van der Waals surface area contributed by atoms with Crippen LogP contribution < -0.4 is 15.8 Å². The van der Waals surface area contributed by atoms with Crippen LogP contribution in [0.15, 0.2) is 89.8 Å². The molecule has 14 heteroatoms. The molecule has 5 rings (SSSR count). The Hall–Kier alpha value is -5.05. The van der Waals surface area contributed by atoms with Gasteiger partial charge in [-0.05, 0) is 72.4 Å². The molecular formula is C39H48N6O7S. The molecule has 0 saturated carbocycles. The number of pyridine rings is 1. The summed E-state index contributed by atoms with van der Waals surface area (Å²) in [7, 11) is -2.56. The van der Waals surface area contributed by atoms with Crippen molar-refractivity contribution in [2.24, 2.45) is 11.8 Å². The second-order valence-corrected chi connectivity index (χ2v) is 16.0. The average Bonchev–Trinajstić information content (AvgIpc) is 3.38. The number of methoxy groups -OCH3 is 1. The van der Waals surface area contributed by atoms with Crippen molar-refractivity contribution in [3.05, 3.63) is 96.2 Å². The lowest BCUT2D eigenvalue weighted by atomic mass is 9.97. The number of anilines is 1. The standard InChI is InChI=1S/C39H48N6O7S/c1-25(2)21-43(53(50,51)32-16-14-31(52-5)15-17-32)23-35(46)34(19-27-9-7-6-8-10-27)42-38(48)37(26(3)4)45-24-36(47)44(39(45)49)22-30-13-11-28-20-29(40)12-18-33(28)41-30/h6-18,20,25-26,34-35,37,46H,19,21-24,40H2,1-5H3,(H,42,48)/t34-,35-,37-/m0/s1. The molecule has 1 fully saturated rings. The van der Waals surface area contributed by atoms with Gasteiger partial charge >= 0.3 is 6.03 Å². The lowest BCUT2D eigenvalue weighted by Crippen LogP contribution is -2.57. The Kier molecular flexibility index (Phi) is 12.4. The summed E-state index contributed by atoms with van der Waals surface area (Å²) in [6.07, 6.45) is -1.17. The number of ether oxygens (including phenoxy) is 1. The number of nitrogen functional groups attached to an aromatic ring is 1. The number of hydrogen-bond acceptors (Lipinski definition) is 9. The van der Waals surface area contributed by atoms with Crippen molar-refractivity contribution in [1.29, 1.82) is 0 Å². The van der Waals surface area contributed by atoms with Crippen LogP contribution in [0.25, 0.3) is 10.9 Å². The van der Waals surface area contributed by atoms with E-state index in [9.17, 15) is 27.9 Å². The molecule has 0 unspecified atom stereocenters. The van der Waals surface area contributed by atoms with Crippen molar-refractivity contribution in [1.82, 2.24) is 24.4 Å². The molecule has 282 valence electrons. The Labute approximate surface area is 310 Å². The zero-order valence-electron chi connectivity index (χ0n) is 30.7. The summed E-state index contributed by atoms with van der Waals surface area (Å²) in [5, 5.41) is 15.5. The van der Waals surface area contributed by atoms with Gasteiger partial charge in [0.1, 0.15) is 18.3 Å². The van der Waals surface area contributed by atoms with Crippen molar-refractivity contribution in [3.8, 4) is 5.75 Å². The van der Waals surface area contributed by atoms with E-state index in [-0.39, 0.29) is 43.4 Å². The van der Waals surface area contributed by atoms with Gasteiger partial charge in [0.15, 0.2) is 0 Å². The van der Waals surface area contributed by atoms with E-state index in [1.165, 1.54) is 28.4 Å². The number of amides is 4. The number of rotatable bonds is 16. The summed E-state index contributed by atoms with van der Waals surface area (Å²) >= 11 is 0. The number of fused-ring (bicyclic) bond motifs is 1. The average molecular weight is 745 g/mol. The van der Waals surface area contributed by atoms with E-state index in [0.29, 0.717) is 22.6 Å². The van der Waals surface area contributed by atoms with Crippen LogP contribution >= 0.6 is 0 Å². The minimum atomic E-state index is -4.06. The van der Waals surface area contributed by atoms with Gasteiger partial charge in [-0.3, -0.25) is 19.5 Å². The van der Waals surface area contributed by atoms with Gasteiger partial charge in [0.25, 0.3) is 5.91 Å². The molecule has 2 heterocycles. The Bertz CT molecular complexity index is 2030. The summed E-state index contributed by atoms with van der Waals surface area (Å²) in [4.78, 5) is 48.2. The highest BCUT2D eigenvalue weighted by atomic mass is 32.2. The summed E-state index contributed by atoms with van der Waals surface area (Å²) < 4.78 is 34.2. The van der Waals surface area contributed by atoms with Crippen LogP contribution in [0, 0.1) is 11.8 Å². The smallest absolute Gasteiger partial charge is 0.328 e. The number of carbonyl (C=O) groups excluding carboxylic acids is 3. The van der Waals surface area contributed by atoms with Crippen molar-refractivity contribution in [3.63, 3.8) is 0 Å². The van der Waals surface area contributed by atoms with Gasteiger partial charge in [0.2, 0.25) is 15.9 Å². The number of aliphatic hydroxyl groups excluding tert-OH is 1. The third kappa shape index (κ3) is 9.31. The van der Waals surface area contributed by atoms with E-state index in [1.807, 2.05) is 50.2 Å². The van der Waals surface area contributed by atoms with Gasteiger partial charge in [-0.2, -0.15) is 4.31 Å². The molecule has 0 radical (unpaired) electrons. The van der Waals surface area contributed by atoms with Crippen LogP contribution in [0.2, 0.25) is 0 Å². The SMILES string of the molecule is COc1ccc(S(=O)(=O)N(CC(C)C)C[C@H](O)[C@H](Cc2ccccc2)NC(=O)[C@H](C(C)C)N2CC(=O)N(Cc3ccc4cc(N)ccc4n3)C2=O)cc1. The van der Waals surface area contributed by atoms with Gasteiger partial charge in [-0.25, -0.2) is 13.2 Å². The summed E-state index contributed by atoms with van der Waals surface area (Å²) in [6, 6.07) is 21.4. The second kappa shape index (κ2) is 16.7. The first-order valence-corrected chi connectivity index (χ1v) is 19.0. The molecule has 1 saturated heterocycles. The number of nitrogens with zero attached hydrogens (tertiary/aromatic N) is 4. The van der Waals surface area contributed by atoms with Crippen LogP contribution in [-0.2, 0) is 32.6 Å². The monoisotopic (exact) mass is 744 g/mol. The zero-order chi connectivity index (χ0) is 38.4. The van der Waals surface area contributed by atoms with Gasteiger partial charge in [0, 0.05) is 24.2 Å². The van der Waals surface area contributed by atoms with Crippen LogP contribution in [0.4, 0.5) is 10.5 Å². The molecule has 53 heavy (non-hydrogen) atoms. The van der Waals surface area contributed by atoms with Gasteiger partial charge in [-0.1, -0.05) is 64.1 Å². The van der Waals surface area contributed by atoms with Crippen molar-refractivity contribution < 1.29 is 32.6 Å². The minimum absolute atomic E-state index is 0.0417. The highest BCUT2D eigenvalue weighted by Gasteiger charge is 2.44. The number of nitrogens with two attached hydrogens (primary N) is 1. The number of sulfonamides is 1. The fourth-order valence-corrected chi connectivity index (χ4v) is 8.13. The first-order chi connectivity index (χ1) is 25.2. The summed E-state index contributed by atoms with van der Waals surface area (Å²) in [6.45, 7) is 6.72. The second-order valence-electron chi connectivity index (χ2n) is 14.1. The predicted octanol–water partition coefficient (Wildman–Crippen LogP) is 4.05. The summed E-state index contributed by atoms with van der Waals surface area (Å²) in [5.74, 6) is -1.03. The van der Waals surface area contributed by atoms with Gasteiger partial charge in [-0.15, -0.1) is 0 Å². The molecular weight excluding hydrogens is 697 g/mol. The van der Waals surface area contributed by atoms with Crippen molar-refractivity contribution >= 4 is 44.5 Å². The Morgan fingerprint density at radius 2 is 1.68 bits per heavy atom. The number of nitrogens with one attached hydrogen (secondary N) is 1. The molecule has 4 amide bonds. The van der Waals surface area contributed by atoms with E-state index in [2.05, 4.69) is 10.3 Å². The minimum Gasteiger partial charge on any atom is -0.497 e. The maximum Gasteiger partial charge on any atom is 0.328 e. The fraction of sp³-hybridized carbons (Fsp3) is 0.385. The van der Waals surface area contributed by atoms with Gasteiger partial charge in [0.05, 0.1) is 41.9 Å². The number of carbonyl (C=O) groups is 3. The molecule has 1 aliphatic rings. The van der Waals surface area contributed by atoms with E-state index < -0.39 is 52.0 Å². The maximum atomic E-state index is 14.2. The van der Waals surface area contributed by atoms with Gasteiger partial charge < -0.3 is 25.8 Å². The Balaban J connectivity index is 1.37. The first-order valence-electron chi connectivity index (χ1n) is 17.6. The highest BCUT2D eigenvalue weighted by molar-refractivity contribution is 7.89. The molecule has 4 N–H and O–H groups in total. The largest absolute Gasteiger partial charge is 0.497 e. The fourth-order valence-electron chi connectivity index (χ4n) is 6.50. The highest BCUT2D eigenvalue weighted by Crippen LogP contribution is 2.25. The lowest BCUT2D eigenvalue weighted by Gasteiger charge is -2.34. The number of aliphatic hydroxyl groups is 1. The maximum absolute atomic E-state index is 14.2. The quantitative estimate of drug-likeness (QED) is 0.113. The molecule has 1 aromatic heterocycles. The molecule has 13 nitrogen and oxygen atoms in total. The van der Waals surface area contributed by atoms with Crippen LogP contribution in [-0.4, -0.2) is 95.4 Å². The van der Waals surface area contributed by atoms with Crippen LogP contribution in [0.1, 0.15) is 39.0 Å². The number of benzene rings is 3. The first kappa shape index (κ1) is 39.2.